The van der Waals surface area contributed by atoms with Crippen molar-refractivity contribution < 1.29 is 4.74 Å². The minimum Gasteiger partial charge on any atom is -0.364 e. The predicted molar refractivity (Wildman–Crippen MR) is 39.4 cm³/mol. The van der Waals surface area contributed by atoms with Crippen LogP contribution in [0.25, 0.3) is 0 Å². The molecule has 0 saturated heterocycles. The summed E-state index contributed by atoms with van der Waals surface area (Å²) in [5.74, 6) is 0. The molecule has 2 heteroatoms. The second kappa shape index (κ2) is 6.05. The van der Waals surface area contributed by atoms with E-state index in [2.05, 4.69) is 12.2 Å². The fraction of sp³-hybridized carbons (Fsp3) is 1.00. The summed E-state index contributed by atoms with van der Waals surface area (Å²) >= 11 is 0. The maximum Gasteiger partial charge on any atom is 0.107 e. The highest BCUT2D eigenvalue weighted by atomic mass is 16.5. The summed E-state index contributed by atoms with van der Waals surface area (Å²) in [4.78, 5) is 0. The summed E-state index contributed by atoms with van der Waals surface area (Å²) in [5, 5.41) is 3.08. The largest absolute Gasteiger partial charge is 0.364 e. The molecule has 0 rings (SSSR count). The van der Waals surface area contributed by atoms with Crippen LogP contribution in [0.3, 0.4) is 0 Å². The van der Waals surface area contributed by atoms with E-state index in [1.165, 1.54) is 6.42 Å². The van der Waals surface area contributed by atoms with Gasteiger partial charge >= 0.3 is 0 Å². The Morgan fingerprint density at radius 2 is 2.11 bits per heavy atom. The summed E-state index contributed by atoms with van der Waals surface area (Å²) in [6.45, 7) is 4.97. The fourth-order valence-electron chi connectivity index (χ4n) is 0.774. The Bertz CT molecular complexity index is 50.9. The van der Waals surface area contributed by atoms with E-state index in [0.29, 0.717) is 0 Å². The van der Waals surface area contributed by atoms with Crippen LogP contribution >= 0.6 is 0 Å². The zero-order valence-corrected chi connectivity index (χ0v) is 6.61. The molecule has 0 aromatic heterocycles. The quantitative estimate of drug-likeness (QED) is 0.569. The lowest BCUT2D eigenvalue weighted by molar-refractivity contribution is 0.0375. The van der Waals surface area contributed by atoms with Gasteiger partial charge in [-0.25, -0.2) is 0 Å². The maximum atomic E-state index is 5.32. The molecule has 0 saturated carbocycles. The number of ether oxygens (including phenoxy) is 1. The van der Waals surface area contributed by atoms with Crippen LogP contribution in [0.1, 0.15) is 26.7 Å². The van der Waals surface area contributed by atoms with Crippen LogP contribution in [0, 0.1) is 0 Å². The molecule has 0 bridgehead atoms. The van der Waals surface area contributed by atoms with Gasteiger partial charge in [0.2, 0.25) is 0 Å². The number of hydrogen-bond donors (Lipinski definition) is 1. The van der Waals surface area contributed by atoms with Crippen LogP contribution in [0.5, 0.6) is 0 Å². The summed E-state index contributed by atoms with van der Waals surface area (Å²) in [6, 6.07) is 0. The van der Waals surface area contributed by atoms with Crippen LogP contribution in [0.4, 0.5) is 0 Å². The lowest BCUT2D eigenvalue weighted by Crippen LogP contribution is -2.27. The molecule has 9 heavy (non-hydrogen) atoms. The first kappa shape index (κ1) is 8.92. The number of rotatable bonds is 5. The standard InChI is InChI=1S/C7H17NO/c1-4-6-7(8-3)9-5-2/h7-8H,4-6H2,1-3H3. The van der Waals surface area contributed by atoms with Crippen molar-refractivity contribution in [2.45, 2.75) is 32.9 Å². The van der Waals surface area contributed by atoms with Crippen LogP contribution in [0.2, 0.25) is 0 Å². The third kappa shape index (κ3) is 4.43. The van der Waals surface area contributed by atoms with Gasteiger partial charge in [0.25, 0.3) is 0 Å². The van der Waals surface area contributed by atoms with Crippen molar-refractivity contribution in [1.29, 1.82) is 0 Å². The molecule has 0 aliphatic rings. The number of hydrogen-bond acceptors (Lipinski definition) is 2. The minimum atomic E-state index is 0.264. The van der Waals surface area contributed by atoms with Gasteiger partial charge in [0, 0.05) is 6.61 Å². The zero-order chi connectivity index (χ0) is 7.11. The molecule has 0 aliphatic heterocycles. The first-order chi connectivity index (χ1) is 4.35. The highest BCUT2D eigenvalue weighted by Gasteiger charge is 2.00. The molecule has 2 nitrogen and oxygen atoms in total. The average molecular weight is 131 g/mol. The molecule has 0 heterocycles. The van der Waals surface area contributed by atoms with E-state index in [-0.39, 0.29) is 6.23 Å². The van der Waals surface area contributed by atoms with Crippen molar-refractivity contribution in [3.05, 3.63) is 0 Å². The monoisotopic (exact) mass is 131 g/mol. The highest BCUT2D eigenvalue weighted by Crippen LogP contribution is 1.96. The van der Waals surface area contributed by atoms with Crippen molar-refractivity contribution in [2.24, 2.45) is 0 Å². The molecular formula is C7H17NO. The van der Waals surface area contributed by atoms with E-state index in [1.54, 1.807) is 0 Å². The van der Waals surface area contributed by atoms with E-state index >= 15 is 0 Å². The second-order valence-corrected chi connectivity index (χ2v) is 2.02. The van der Waals surface area contributed by atoms with E-state index < -0.39 is 0 Å². The van der Waals surface area contributed by atoms with E-state index in [4.69, 9.17) is 4.74 Å². The molecule has 0 radical (unpaired) electrons. The molecule has 1 unspecified atom stereocenters. The predicted octanol–water partition coefficient (Wildman–Crippen LogP) is 1.37. The van der Waals surface area contributed by atoms with Crippen molar-refractivity contribution in [2.75, 3.05) is 13.7 Å². The Balaban J connectivity index is 3.18. The normalized spacial score (nSPS) is 13.7. The van der Waals surface area contributed by atoms with Crippen LogP contribution < -0.4 is 5.32 Å². The van der Waals surface area contributed by atoms with Gasteiger partial charge in [-0.05, 0) is 20.4 Å². The molecule has 0 amide bonds. The van der Waals surface area contributed by atoms with Gasteiger partial charge in [0.05, 0.1) is 0 Å². The Morgan fingerprint density at radius 1 is 1.44 bits per heavy atom. The summed E-state index contributed by atoms with van der Waals surface area (Å²) in [7, 11) is 1.93. The van der Waals surface area contributed by atoms with Crippen molar-refractivity contribution in [1.82, 2.24) is 5.32 Å². The molecular weight excluding hydrogens is 114 g/mol. The van der Waals surface area contributed by atoms with Crippen molar-refractivity contribution in [3.63, 3.8) is 0 Å². The summed E-state index contributed by atoms with van der Waals surface area (Å²) < 4.78 is 5.32. The topological polar surface area (TPSA) is 21.3 Å². The second-order valence-electron chi connectivity index (χ2n) is 2.02. The zero-order valence-electron chi connectivity index (χ0n) is 6.61. The van der Waals surface area contributed by atoms with Gasteiger partial charge in [-0.15, -0.1) is 0 Å². The molecule has 0 aromatic rings. The van der Waals surface area contributed by atoms with Crippen LogP contribution in [-0.4, -0.2) is 19.9 Å². The molecule has 0 fully saturated rings. The minimum absolute atomic E-state index is 0.264. The lowest BCUT2D eigenvalue weighted by atomic mass is 10.3. The fourth-order valence-corrected chi connectivity index (χ4v) is 0.774. The van der Waals surface area contributed by atoms with Gasteiger partial charge in [0.15, 0.2) is 0 Å². The van der Waals surface area contributed by atoms with Gasteiger partial charge in [-0.2, -0.15) is 0 Å². The maximum absolute atomic E-state index is 5.32. The Morgan fingerprint density at radius 3 is 2.44 bits per heavy atom. The molecule has 0 aliphatic carbocycles. The van der Waals surface area contributed by atoms with Crippen LogP contribution in [0.15, 0.2) is 0 Å². The molecule has 1 N–H and O–H groups in total. The average Bonchev–Trinajstić information content (AvgIpc) is 1.88. The Kier molecular flexibility index (Phi) is 5.99. The molecule has 0 aromatic carbocycles. The highest BCUT2D eigenvalue weighted by molar-refractivity contribution is 4.48. The molecule has 1 atom stereocenters. The van der Waals surface area contributed by atoms with Gasteiger partial charge < -0.3 is 4.74 Å². The number of nitrogens with one attached hydrogen (secondary N) is 1. The first-order valence-corrected chi connectivity index (χ1v) is 3.64. The molecule has 56 valence electrons. The van der Waals surface area contributed by atoms with E-state index in [0.717, 1.165) is 13.0 Å². The third-order valence-electron chi connectivity index (χ3n) is 1.24. The van der Waals surface area contributed by atoms with Crippen molar-refractivity contribution >= 4 is 0 Å². The van der Waals surface area contributed by atoms with Gasteiger partial charge in [-0.1, -0.05) is 13.3 Å². The van der Waals surface area contributed by atoms with Gasteiger partial charge in [0.1, 0.15) is 6.23 Å². The molecule has 0 spiro atoms. The Hall–Kier alpha value is -0.0800. The van der Waals surface area contributed by atoms with E-state index in [9.17, 15) is 0 Å². The van der Waals surface area contributed by atoms with E-state index in [1.807, 2.05) is 14.0 Å². The SMILES string of the molecule is CCCC(NC)OCC. The summed E-state index contributed by atoms with van der Waals surface area (Å²) in [5.41, 5.74) is 0. The first-order valence-electron chi connectivity index (χ1n) is 3.64. The van der Waals surface area contributed by atoms with Crippen molar-refractivity contribution in [3.8, 4) is 0 Å². The third-order valence-corrected chi connectivity index (χ3v) is 1.24. The Labute approximate surface area is 57.6 Å². The smallest absolute Gasteiger partial charge is 0.107 e. The summed E-state index contributed by atoms with van der Waals surface area (Å²) in [6.07, 6.45) is 2.54. The lowest BCUT2D eigenvalue weighted by Gasteiger charge is -2.13. The van der Waals surface area contributed by atoms with Gasteiger partial charge in [-0.3, -0.25) is 5.32 Å². The van der Waals surface area contributed by atoms with Crippen LogP contribution in [-0.2, 0) is 4.74 Å².